The van der Waals surface area contributed by atoms with E-state index in [1.807, 2.05) is 0 Å². The molecule has 1 heterocycles. The topological polar surface area (TPSA) is 54.0 Å². The highest BCUT2D eigenvalue weighted by Crippen LogP contribution is 2.23. The van der Waals surface area contributed by atoms with E-state index in [0.29, 0.717) is 11.0 Å². The molecular formula is C14H12BrF2N3O. The summed E-state index contributed by atoms with van der Waals surface area (Å²) in [6.07, 6.45) is 1.50. The summed E-state index contributed by atoms with van der Waals surface area (Å²) in [6.45, 7) is 2.10. The highest BCUT2D eigenvalue weighted by Gasteiger charge is 2.15. The highest BCUT2D eigenvalue weighted by atomic mass is 79.9. The van der Waals surface area contributed by atoms with Gasteiger partial charge in [-0.05, 0) is 47.1 Å². The molecule has 1 aromatic heterocycles. The third-order valence-corrected chi connectivity index (χ3v) is 3.29. The molecule has 110 valence electrons. The Bertz CT molecular complexity index is 656. The number of pyridine rings is 1. The molecule has 2 aromatic rings. The Balaban J connectivity index is 2.26. The second-order valence-electron chi connectivity index (χ2n) is 4.13. The summed E-state index contributed by atoms with van der Waals surface area (Å²) < 4.78 is 28.1. The smallest absolute Gasteiger partial charge is 0.257 e. The lowest BCUT2D eigenvalue weighted by molar-refractivity contribution is 0.102. The minimum absolute atomic E-state index is 0.121. The molecular weight excluding hydrogens is 344 g/mol. The van der Waals surface area contributed by atoms with E-state index in [1.165, 1.54) is 6.20 Å². The molecule has 1 amide bonds. The van der Waals surface area contributed by atoms with E-state index in [2.05, 4.69) is 31.5 Å². The summed E-state index contributed by atoms with van der Waals surface area (Å²) in [7, 11) is 0. The Morgan fingerprint density at radius 1 is 1.33 bits per heavy atom. The summed E-state index contributed by atoms with van der Waals surface area (Å²) in [5, 5.41) is 5.05. The molecule has 4 nitrogen and oxygen atoms in total. The van der Waals surface area contributed by atoms with Gasteiger partial charge in [0.05, 0.1) is 4.47 Å². The molecule has 0 saturated carbocycles. The monoisotopic (exact) mass is 355 g/mol. The number of anilines is 2. The van der Waals surface area contributed by atoms with E-state index in [1.54, 1.807) is 19.1 Å². The lowest BCUT2D eigenvalue weighted by atomic mass is 10.1. The van der Waals surface area contributed by atoms with Gasteiger partial charge in [-0.25, -0.2) is 13.8 Å². The zero-order valence-corrected chi connectivity index (χ0v) is 12.7. The number of amides is 1. The number of benzene rings is 1. The average molecular weight is 356 g/mol. The third kappa shape index (κ3) is 3.55. The van der Waals surface area contributed by atoms with Crippen LogP contribution in [0.15, 0.2) is 34.9 Å². The fourth-order valence-electron chi connectivity index (χ4n) is 1.71. The number of halogens is 3. The first-order valence-electron chi connectivity index (χ1n) is 6.17. The number of aromatic nitrogens is 1. The van der Waals surface area contributed by atoms with Crippen molar-refractivity contribution >= 4 is 33.3 Å². The second-order valence-corrected chi connectivity index (χ2v) is 4.99. The number of carbonyl (C=O) groups excluding carboxylic acids is 1. The van der Waals surface area contributed by atoms with Crippen molar-refractivity contribution in [1.29, 1.82) is 0 Å². The van der Waals surface area contributed by atoms with Gasteiger partial charge in [0.2, 0.25) is 0 Å². The van der Waals surface area contributed by atoms with Crippen molar-refractivity contribution in [2.24, 2.45) is 0 Å². The van der Waals surface area contributed by atoms with Crippen LogP contribution in [0.3, 0.4) is 0 Å². The first kappa shape index (κ1) is 15.4. The van der Waals surface area contributed by atoms with E-state index in [0.717, 1.165) is 12.1 Å². The van der Waals surface area contributed by atoms with Crippen molar-refractivity contribution < 1.29 is 13.6 Å². The van der Waals surface area contributed by atoms with Crippen LogP contribution in [0.5, 0.6) is 0 Å². The van der Waals surface area contributed by atoms with Gasteiger partial charge in [-0.15, -0.1) is 0 Å². The van der Waals surface area contributed by atoms with E-state index >= 15 is 0 Å². The molecule has 0 atom stereocenters. The molecule has 0 saturated heterocycles. The molecule has 0 aliphatic carbocycles. The van der Waals surface area contributed by atoms with Crippen molar-refractivity contribution in [2.75, 3.05) is 17.2 Å². The maximum absolute atomic E-state index is 13.8. The van der Waals surface area contributed by atoms with Gasteiger partial charge in [-0.1, -0.05) is 0 Å². The zero-order valence-electron chi connectivity index (χ0n) is 11.1. The minimum atomic E-state index is -0.818. The molecule has 1 aromatic carbocycles. The van der Waals surface area contributed by atoms with Crippen molar-refractivity contribution in [3.63, 3.8) is 0 Å². The van der Waals surface area contributed by atoms with Crippen molar-refractivity contribution in [3.8, 4) is 0 Å². The molecule has 2 rings (SSSR count). The predicted molar refractivity (Wildman–Crippen MR) is 80.4 cm³/mol. The molecule has 0 fully saturated rings. The third-order valence-electron chi connectivity index (χ3n) is 2.65. The predicted octanol–water partition coefficient (Wildman–Crippen LogP) is 3.81. The molecule has 0 unspecified atom stereocenters. The Morgan fingerprint density at radius 3 is 2.57 bits per heavy atom. The number of nitrogens with one attached hydrogen (secondary N) is 2. The van der Waals surface area contributed by atoms with Gasteiger partial charge >= 0.3 is 0 Å². The van der Waals surface area contributed by atoms with Crippen LogP contribution in [0.1, 0.15) is 17.3 Å². The summed E-state index contributed by atoms with van der Waals surface area (Å²) >= 11 is 3.22. The molecule has 0 bridgehead atoms. The summed E-state index contributed by atoms with van der Waals surface area (Å²) in [6, 6.07) is 5.34. The summed E-state index contributed by atoms with van der Waals surface area (Å²) in [5.74, 6) is -2.00. The van der Waals surface area contributed by atoms with Crippen LogP contribution in [0.4, 0.5) is 20.3 Å². The highest BCUT2D eigenvalue weighted by molar-refractivity contribution is 9.10. The fraction of sp³-hybridized carbons (Fsp3) is 0.143. The maximum Gasteiger partial charge on any atom is 0.257 e. The SMILES string of the molecule is CCNc1c(F)cc(C(=O)Nc2ncccc2Br)cc1F. The average Bonchev–Trinajstić information content (AvgIpc) is 2.45. The molecule has 7 heteroatoms. The molecule has 0 radical (unpaired) electrons. The van der Waals surface area contributed by atoms with E-state index < -0.39 is 17.5 Å². The summed E-state index contributed by atoms with van der Waals surface area (Å²) in [4.78, 5) is 16.0. The Hall–Kier alpha value is -2.02. The van der Waals surface area contributed by atoms with Gasteiger partial charge in [-0.2, -0.15) is 0 Å². The number of rotatable bonds is 4. The maximum atomic E-state index is 13.8. The molecule has 0 spiro atoms. The standard InChI is InChI=1S/C14H12BrF2N3O/c1-2-18-12-10(16)6-8(7-11(12)17)14(21)20-13-9(15)4-3-5-19-13/h3-7,18H,2H2,1H3,(H,19,20,21). The largest absolute Gasteiger partial charge is 0.381 e. The minimum Gasteiger partial charge on any atom is -0.381 e. The Morgan fingerprint density at radius 2 is 2.00 bits per heavy atom. The second kappa shape index (κ2) is 6.62. The van der Waals surface area contributed by atoms with Crippen LogP contribution in [0.25, 0.3) is 0 Å². The van der Waals surface area contributed by atoms with Crippen LogP contribution >= 0.6 is 15.9 Å². The van der Waals surface area contributed by atoms with Crippen LogP contribution in [-0.2, 0) is 0 Å². The van der Waals surface area contributed by atoms with Crippen molar-refractivity contribution in [1.82, 2.24) is 4.98 Å². The molecule has 0 aliphatic rings. The zero-order chi connectivity index (χ0) is 15.4. The van der Waals surface area contributed by atoms with Gasteiger partial charge in [-0.3, -0.25) is 4.79 Å². The number of hydrogen-bond donors (Lipinski definition) is 2. The van der Waals surface area contributed by atoms with Gasteiger partial charge < -0.3 is 10.6 Å². The fourth-order valence-corrected chi connectivity index (χ4v) is 2.06. The van der Waals surface area contributed by atoms with Crippen LogP contribution < -0.4 is 10.6 Å². The lowest BCUT2D eigenvalue weighted by Crippen LogP contribution is -2.15. The van der Waals surface area contributed by atoms with Crippen molar-refractivity contribution in [2.45, 2.75) is 6.92 Å². The Kier molecular flexibility index (Phi) is 4.85. The lowest BCUT2D eigenvalue weighted by Gasteiger charge is -2.10. The van der Waals surface area contributed by atoms with Gasteiger partial charge in [0, 0.05) is 18.3 Å². The first-order chi connectivity index (χ1) is 10.0. The van der Waals surface area contributed by atoms with Crippen molar-refractivity contribution in [3.05, 3.63) is 52.1 Å². The first-order valence-corrected chi connectivity index (χ1v) is 6.97. The number of carbonyl (C=O) groups is 1. The molecule has 2 N–H and O–H groups in total. The molecule has 21 heavy (non-hydrogen) atoms. The normalized spacial score (nSPS) is 10.3. The van der Waals surface area contributed by atoms with Crippen LogP contribution in [-0.4, -0.2) is 17.4 Å². The van der Waals surface area contributed by atoms with E-state index in [-0.39, 0.29) is 17.1 Å². The van der Waals surface area contributed by atoms with Gasteiger partial charge in [0.1, 0.15) is 23.1 Å². The number of nitrogens with zero attached hydrogens (tertiary/aromatic N) is 1. The summed E-state index contributed by atoms with van der Waals surface area (Å²) in [5.41, 5.74) is -0.364. The van der Waals surface area contributed by atoms with Gasteiger partial charge in [0.25, 0.3) is 5.91 Å². The Labute approximate surface area is 128 Å². The number of hydrogen-bond acceptors (Lipinski definition) is 3. The van der Waals surface area contributed by atoms with Gasteiger partial charge in [0.15, 0.2) is 0 Å². The van der Waals surface area contributed by atoms with E-state index in [4.69, 9.17) is 0 Å². The van der Waals surface area contributed by atoms with Crippen LogP contribution in [0, 0.1) is 11.6 Å². The quantitative estimate of drug-likeness (QED) is 0.876. The van der Waals surface area contributed by atoms with Crippen LogP contribution in [0.2, 0.25) is 0 Å². The van der Waals surface area contributed by atoms with E-state index in [9.17, 15) is 13.6 Å². The molecule has 0 aliphatic heterocycles.